The molecule has 0 fully saturated rings. The Kier molecular flexibility index (Phi) is 8.37. The lowest BCUT2D eigenvalue weighted by Crippen LogP contribution is -1.81. The summed E-state index contributed by atoms with van der Waals surface area (Å²) in [5.41, 5.74) is 0. The molecule has 1 unspecified atom stereocenters. The van der Waals surface area contributed by atoms with E-state index in [0.29, 0.717) is 6.61 Å². The molecule has 0 N–H and O–H groups in total. The standard InChI is InChI=1S/C8H17O2PS2/c1-4-7-8-13-11(9,10-5-2)12-6-3/h7-8H,4-6H2,1-3H3/b8-7+. The maximum atomic E-state index is 11.9. The minimum absolute atomic E-state index is 0.511. The molecular formula is C8H17O2PS2. The van der Waals surface area contributed by atoms with Crippen LogP contribution in [0, 0.1) is 0 Å². The Hall–Kier alpha value is 0.630. The van der Waals surface area contributed by atoms with Crippen LogP contribution in [0.25, 0.3) is 0 Å². The van der Waals surface area contributed by atoms with Gasteiger partial charge in [0.1, 0.15) is 0 Å². The summed E-state index contributed by atoms with van der Waals surface area (Å²) in [6, 6.07) is 0. The molecular weight excluding hydrogens is 223 g/mol. The van der Waals surface area contributed by atoms with Crippen LogP contribution in [-0.4, -0.2) is 12.4 Å². The second-order valence-corrected chi connectivity index (χ2v) is 9.62. The molecule has 0 saturated heterocycles. The molecule has 0 aromatic rings. The summed E-state index contributed by atoms with van der Waals surface area (Å²) in [7, 11) is 0. The predicted molar refractivity (Wildman–Crippen MR) is 64.4 cm³/mol. The number of hydrogen-bond acceptors (Lipinski definition) is 4. The van der Waals surface area contributed by atoms with Gasteiger partial charge < -0.3 is 4.52 Å². The van der Waals surface area contributed by atoms with Gasteiger partial charge in [-0.1, -0.05) is 31.3 Å². The number of allylic oxidation sites excluding steroid dienone is 1. The molecule has 0 aromatic heterocycles. The molecule has 0 bridgehead atoms. The van der Waals surface area contributed by atoms with Crippen molar-refractivity contribution in [3.8, 4) is 0 Å². The molecule has 0 heterocycles. The second kappa shape index (κ2) is 7.98. The van der Waals surface area contributed by atoms with Crippen LogP contribution in [0.4, 0.5) is 0 Å². The van der Waals surface area contributed by atoms with Gasteiger partial charge in [-0.3, -0.25) is 4.57 Å². The number of hydrogen-bond donors (Lipinski definition) is 0. The minimum Gasteiger partial charge on any atom is -0.314 e. The lowest BCUT2D eigenvalue weighted by molar-refractivity contribution is 0.357. The van der Waals surface area contributed by atoms with Gasteiger partial charge in [0.2, 0.25) is 0 Å². The average molecular weight is 240 g/mol. The van der Waals surface area contributed by atoms with Gasteiger partial charge in [0.25, 0.3) is 0 Å². The first-order valence-corrected chi connectivity index (χ1v) is 9.11. The van der Waals surface area contributed by atoms with Gasteiger partial charge in [0.05, 0.1) is 6.61 Å². The van der Waals surface area contributed by atoms with Crippen molar-refractivity contribution in [3.05, 3.63) is 11.5 Å². The summed E-state index contributed by atoms with van der Waals surface area (Å²) in [5, 5.41) is 1.87. The highest BCUT2D eigenvalue weighted by Crippen LogP contribution is 2.70. The van der Waals surface area contributed by atoms with Crippen molar-refractivity contribution in [2.75, 3.05) is 12.4 Å². The van der Waals surface area contributed by atoms with Gasteiger partial charge in [0, 0.05) is 5.75 Å². The van der Waals surface area contributed by atoms with Crippen LogP contribution in [-0.2, 0) is 9.09 Å². The fourth-order valence-electron chi connectivity index (χ4n) is 0.628. The van der Waals surface area contributed by atoms with Crippen LogP contribution in [0.1, 0.15) is 27.2 Å². The van der Waals surface area contributed by atoms with E-state index in [0.717, 1.165) is 12.2 Å². The summed E-state index contributed by atoms with van der Waals surface area (Å²) in [6.07, 6.45) is 2.96. The molecule has 0 amide bonds. The van der Waals surface area contributed by atoms with Gasteiger partial charge in [-0.25, -0.2) is 0 Å². The molecule has 5 heteroatoms. The Balaban J connectivity index is 4.07. The second-order valence-electron chi connectivity index (χ2n) is 2.17. The van der Waals surface area contributed by atoms with E-state index < -0.39 is 5.77 Å². The van der Waals surface area contributed by atoms with Gasteiger partial charge >= 0.3 is 5.77 Å². The van der Waals surface area contributed by atoms with Crippen LogP contribution in [0.3, 0.4) is 0 Å². The Morgan fingerprint density at radius 2 is 2.08 bits per heavy atom. The first-order chi connectivity index (χ1) is 6.18. The molecule has 1 atom stereocenters. The molecule has 0 spiro atoms. The first-order valence-electron chi connectivity index (χ1n) is 4.41. The van der Waals surface area contributed by atoms with Gasteiger partial charge in [-0.05, 0) is 30.1 Å². The van der Waals surface area contributed by atoms with Crippen molar-refractivity contribution in [3.63, 3.8) is 0 Å². The van der Waals surface area contributed by atoms with Crippen molar-refractivity contribution < 1.29 is 9.09 Å². The molecule has 0 aromatic carbocycles. The van der Waals surface area contributed by atoms with E-state index in [-0.39, 0.29) is 0 Å². The SMILES string of the molecule is CC/C=C/SP(=O)(OCC)SCC. The first kappa shape index (κ1) is 13.6. The van der Waals surface area contributed by atoms with E-state index in [1.165, 1.54) is 22.8 Å². The van der Waals surface area contributed by atoms with E-state index in [9.17, 15) is 4.57 Å². The van der Waals surface area contributed by atoms with Gasteiger partial charge in [0.15, 0.2) is 0 Å². The van der Waals surface area contributed by atoms with E-state index in [4.69, 9.17) is 4.52 Å². The van der Waals surface area contributed by atoms with Crippen molar-refractivity contribution in [2.45, 2.75) is 27.2 Å². The van der Waals surface area contributed by atoms with Crippen LogP contribution in [0.5, 0.6) is 0 Å². The summed E-state index contributed by atoms with van der Waals surface area (Å²) in [6.45, 7) is 6.42. The van der Waals surface area contributed by atoms with E-state index in [1.807, 2.05) is 25.3 Å². The predicted octanol–water partition coefficient (Wildman–Crippen LogP) is 4.54. The molecule has 0 rings (SSSR count). The smallest absolute Gasteiger partial charge is 0.314 e. The van der Waals surface area contributed by atoms with Crippen molar-refractivity contribution >= 4 is 28.5 Å². The van der Waals surface area contributed by atoms with E-state index in [2.05, 4.69) is 6.92 Å². The highest BCUT2D eigenvalue weighted by atomic mass is 33.1. The van der Waals surface area contributed by atoms with Crippen LogP contribution < -0.4 is 0 Å². The summed E-state index contributed by atoms with van der Waals surface area (Å²) in [4.78, 5) is 0. The zero-order chi connectivity index (χ0) is 10.2. The largest absolute Gasteiger partial charge is 0.317 e. The fraction of sp³-hybridized carbons (Fsp3) is 0.750. The minimum atomic E-state index is -2.50. The molecule has 78 valence electrons. The molecule has 13 heavy (non-hydrogen) atoms. The maximum absolute atomic E-state index is 11.9. The van der Waals surface area contributed by atoms with E-state index >= 15 is 0 Å². The topological polar surface area (TPSA) is 26.3 Å². The van der Waals surface area contributed by atoms with E-state index in [1.54, 1.807) is 0 Å². The zero-order valence-electron chi connectivity index (χ0n) is 8.36. The van der Waals surface area contributed by atoms with Crippen LogP contribution >= 0.6 is 28.5 Å². The monoisotopic (exact) mass is 240 g/mol. The molecule has 0 radical (unpaired) electrons. The maximum Gasteiger partial charge on any atom is 0.317 e. The number of rotatable bonds is 7. The molecule has 0 saturated carbocycles. The molecule has 0 aliphatic carbocycles. The lowest BCUT2D eigenvalue weighted by atomic mass is 10.5. The van der Waals surface area contributed by atoms with Crippen molar-refractivity contribution in [1.29, 1.82) is 0 Å². The third kappa shape index (κ3) is 6.67. The zero-order valence-corrected chi connectivity index (χ0v) is 10.9. The summed E-state index contributed by atoms with van der Waals surface area (Å²) < 4.78 is 17.2. The normalized spacial score (nSPS) is 16.2. The van der Waals surface area contributed by atoms with Crippen LogP contribution in [0.15, 0.2) is 11.5 Å². The van der Waals surface area contributed by atoms with Gasteiger partial charge in [-0.15, -0.1) is 0 Å². The Bertz CT molecular complexity index is 185. The molecule has 0 aliphatic heterocycles. The van der Waals surface area contributed by atoms with Crippen LogP contribution in [0.2, 0.25) is 0 Å². The van der Waals surface area contributed by atoms with Crippen molar-refractivity contribution in [1.82, 2.24) is 0 Å². The third-order valence-electron chi connectivity index (χ3n) is 1.10. The summed E-state index contributed by atoms with van der Waals surface area (Å²) in [5.74, 6) is -1.68. The van der Waals surface area contributed by atoms with Gasteiger partial charge in [-0.2, -0.15) is 0 Å². The fourth-order valence-corrected chi connectivity index (χ4v) is 6.70. The molecule has 2 nitrogen and oxygen atoms in total. The molecule has 0 aliphatic rings. The average Bonchev–Trinajstić information content (AvgIpc) is 2.05. The lowest BCUT2D eigenvalue weighted by Gasteiger charge is -2.12. The Morgan fingerprint density at radius 1 is 1.38 bits per heavy atom. The highest BCUT2D eigenvalue weighted by Gasteiger charge is 2.21. The Labute approximate surface area is 88.8 Å². The summed E-state index contributed by atoms with van der Waals surface area (Å²) >= 11 is 2.71. The highest BCUT2D eigenvalue weighted by molar-refractivity contribution is 8.89. The quantitative estimate of drug-likeness (QED) is 0.610. The third-order valence-corrected chi connectivity index (χ3v) is 8.04. The van der Waals surface area contributed by atoms with Crippen molar-refractivity contribution in [2.24, 2.45) is 0 Å². The Morgan fingerprint density at radius 3 is 2.54 bits per heavy atom.